The number of carbonyl (C=O) groups is 2. The van der Waals surface area contributed by atoms with Gasteiger partial charge in [-0.15, -0.1) is 0 Å². The number of aliphatic hydroxyl groups is 1. The van der Waals surface area contributed by atoms with E-state index in [2.05, 4.69) is 5.32 Å². The number of carbonyl (C=O) groups excluding carboxylic acids is 2. The summed E-state index contributed by atoms with van der Waals surface area (Å²) >= 11 is 0. The van der Waals surface area contributed by atoms with Crippen LogP contribution in [0.2, 0.25) is 0 Å². The van der Waals surface area contributed by atoms with Gasteiger partial charge in [-0.25, -0.2) is 0 Å². The number of rotatable bonds is 7. The molecule has 0 radical (unpaired) electrons. The van der Waals surface area contributed by atoms with E-state index in [1.54, 1.807) is 19.1 Å². The molecule has 0 spiro atoms. The first-order chi connectivity index (χ1) is 10.5. The Bertz CT molecular complexity index is 626. The second-order valence-corrected chi connectivity index (χ2v) is 5.57. The molecule has 0 aliphatic heterocycles. The molecule has 0 aromatic heterocycles. The molecule has 0 atom stereocenters. The summed E-state index contributed by atoms with van der Waals surface area (Å²) in [4.78, 5) is 21.8. The van der Waals surface area contributed by atoms with Gasteiger partial charge < -0.3 is 16.2 Å². The number of nitrogens with one attached hydrogen (secondary N) is 1. The number of nitrogens with two attached hydrogens (primary N) is 1. The average Bonchev–Trinajstić information content (AvgIpc) is 3.32. The summed E-state index contributed by atoms with van der Waals surface area (Å²) in [5.74, 6) is -0.504. The molecule has 5 nitrogen and oxygen atoms in total. The Kier molecular flexibility index (Phi) is 4.78. The number of hydrogen-bond acceptors (Lipinski definition) is 3. The molecule has 1 aromatic rings. The lowest BCUT2D eigenvalue weighted by Crippen LogP contribution is -2.13. The molecule has 5 heteroatoms. The number of benzene rings is 1. The van der Waals surface area contributed by atoms with E-state index in [9.17, 15) is 14.7 Å². The van der Waals surface area contributed by atoms with E-state index in [0.717, 1.165) is 24.0 Å². The van der Waals surface area contributed by atoms with Crippen LogP contribution in [0.3, 0.4) is 0 Å². The van der Waals surface area contributed by atoms with Gasteiger partial charge >= 0.3 is 0 Å². The Morgan fingerprint density at radius 2 is 1.95 bits per heavy atom. The lowest BCUT2D eigenvalue weighted by molar-refractivity contribution is -0.114. The molecule has 0 saturated heterocycles. The highest BCUT2D eigenvalue weighted by molar-refractivity contribution is 5.92. The van der Waals surface area contributed by atoms with Gasteiger partial charge in [0, 0.05) is 16.7 Å². The molecule has 1 aromatic carbocycles. The maximum absolute atomic E-state index is 11.0. The fourth-order valence-corrected chi connectivity index (χ4v) is 2.27. The van der Waals surface area contributed by atoms with Crippen LogP contribution < -0.4 is 11.1 Å². The molecule has 1 aliphatic carbocycles. The van der Waals surface area contributed by atoms with Crippen LogP contribution in [0, 0.1) is 0 Å². The molecule has 2 amide bonds. The topological polar surface area (TPSA) is 92.4 Å². The zero-order chi connectivity index (χ0) is 16.2. The molecular formula is C17H20N2O3. The summed E-state index contributed by atoms with van der Waals surface area (Å²) in [6.45, 7) is 1.76. The predicted molar refractivity (Wildman–Crippen MR) is 84.6 cm³/mol. The Labute approximate surface area is 129 Å². The minimum absolute atomic E-state index is 0.0804. The van der Waals surface area contributed by atoms with Crippen LogP contribution in [-0.2, 0) is 15.0 Å². The van der Waals surface area contributed by atoms with Gasteiger partial charge in [-0.05, 0) is 37.0 Å². The first-order valence-electron chi connectivity index (χ1n) is 7.13. The maximum atomic E-state index is 11.0. The van der Waals surface area contributed by atoms with Crippen molar-refractivity contribution in [1.82, 2.24) is 5.32 Å². The third-order valence-corrected chi connectivity index (χ3v) is 4.07. The van der Waals surface area contributed by atoms with E-state index < -0.39 is 5.91 Å². The Hall–Kier alpha value is -2.40. The number of allylic oxidation sites excluding steroid dienone is 2. The van der Waals surface area contributed by atoms with Gasteiger partial charge in [0.15, 0.2) is 0 Å². The summed E-state index contributed by atoms with van der Waals surface area (Å²) in [5, 5.41) is 12.1. The Morgan fingerprint density at radius 3 is 2.41 bits per heavy atom. The van der Waals surface area contributed by atoms with Crippen LogP contribution in [0.15, 0.2) is 42.0 Å². The first-order valence-corrected chi connectivity index (χ1v) is 7.13. The molecule has 1 saturated carbocycles. The van der Waals surface area contributed by atoms with E-state index in [1.165, 1.54) is 0 Å². The molecule has 1 aliphatic rings. The van der Waals surface area contributed by atoms with Crippen molar-refractivity contribution in [2.24, 2.45) is 5.73 Å². The van der Waals surface area contributed by atoms with Crippen LogP contribution in [-0.4, -0.2) is 24.0 Å². The van der Waals surface area contributed by atoms with Gasteiger partial charge in [0.25, 0.3) is 0 Å². The van der Waals surface area contributed by atoms with E-state index in [0.29, 0.717) is 17.7 Å². The summed E-state index contributed by atoms with van der Waals surface area (Å²) < 4.78 is 0. The lowest BCUT2D eigenvalue weighted by Gasteiger charge is -2.13. The highest BCUT2D eigenvalue weighted by Crippen LogP contribution is 2.47. The van der Waals surface area contributed by atoms with E-state index in [1.807, 2.05) is 24.3 Å². The fraction of sp³-hybridized carbons (Fsp3) is 0.294. The van der Waals surface area contributed by atoms with Gasteiger partial charge in [-0.2, -0.15) is 0 Å². The summed E-state index contributed by atoms with van der Waals surface area (Å²) in [5.41, 5.74) is 8.00. The summed E-state index contributed by atoms with van der Waals surface area (Å²) in [6, 6.07) is 7.70. The van der Waals surface area contributed by atoms with Crippen molar-refractivity contribution < 1.29 is 14.7 Å². The molecule has 2 rings (SSSR count). The van der Waals surface area contributed by atoms with Crippen LogP contribution in [0.4, 0.5) is 0 Å². The van der Waals surface area contributed by atoms with Crippen molar-refractivity contribution in [3.63, 3.8) is 0 Å². The molecule has 4 N–H and O–H groups in total. The normalized spacial score (nSPS) is 17.0. The van der Waals surface area contributed by atoms with Gasteiger partial charge in [-0.1, -0.05) is 30.3 Å². The summed E-state index contributed by atoms with van der Waals surface area (Å²) in [7, 11) is 0. The van der Waals surface area contributed by atoms with Gasteiger partial charge in [0.2, 0.25) is 12.3 Å². The SMILES string of the molecule is C/C(=C\C=C(/NC=O)c1ccc(C2(CO)CC2)cc1)C(N)=O. The molecule has 22 heavy (non-hydrogen) atoms. The summed E-state index contributed by atoms with van der Waals surface area (Å²) in [6.07, 6.45) is 5.79. The number of amides is 2. The van der Waals surface area contributed by atoms with Gasteiger partial charge in [0.05, 0.1) is 6.61 Å². The monoisotopic (exact) mass is 300 g/mol. The van der Waals surface area contributed by atoms with Crippen LogP contribution in [0.5, 0.6) is 0 Å². The Morgan fingerprint density at radius 1 is 1.32 bits per heavy atom. The van der Waals surface area contributed by atoms with Crippen LogP contribution >= 0.6 is 0 Å². The van der Waals surface area contributed by atoms with Gasteiger partial charge in [0.1, 0.15) is 0 Å². The minimum atomic E-state index is -0.504. The molecule has 1 fully saturated rings. The average molecular weight is 300 g/mol. The Balaban J connectivity index is 2.25. The molecule has 116 valence electrons. The maximum Gasteiger partial charge on any atom is 0.244 e. The zero-order valence-corrected chi connectivity index (χ0v) is 12.5. The van der Waals surface area contributed by atoms with E-state index >= 15 is 0 Å². The molecule has 0 unspecified atom stereocenters. The van der Waals surface area contributed by atoms with Crippen molar-refractivity contribution in [2.75, 3.05) is 6.61 Å². The number of hydrogen-bond donors (Lipinski definition) is 3. The number of primary amides is 1. The largest absolute Gasteiger partial charge is 0.395 e. The van der Waals surface area contributed by atoms with Crippen molar-refractivity contribution in [3.05, 3.63) is 53.1 Å². The minimum Gasteiger partial charge on any atom is -0.395 e. The van der Waals surface area contributed by atoms with Crippen LogP contribution in [0.25, 0.3) is 5.70 Å². The second kappa shape index (κ2) is 6.58. The quantitative estimate of drug-likeness (QED) is 0.402. The second-order valence-electron chi connectivity index (χ2n) is 5.57. The van der Waals surface area contributed by atoms with Crippen LogP contribution in [0.1, 0.15) is 30.9 Å². The van der Waals surface area contributed by atoms with Crippen molar-refractivity contribution in [3.8, 4) is 0 Å². The fourth-order valence-electron chi connectivity index (χ4n) is 2.27. The highest BCUT2D eigenvalue weighted by atomic mass is 16.3. The molecule has 0 heterocycles. The third kappa shape index (κ3) is 3.43. The molecular weight excluding hydrogens is 280 g/mol. The molecule has 0 bridgehead atoms. The zero-order valence-electron chi connectivity index (χ0n) is 12.5. The predicted octanol–water partition coefficient (Wildman–Crippen LogP) is 1.23. The first kappa shape index (κ1) is 16.0. The number of aliphatic hydroxyl groups excluding tert-OH is 1. The van der Waals surface area contributed by atoms with Gasteiger partial charge in [-0.3, -0.25) is 9.59 Å². The lowest BCUT2D eigenvalue weighted by atomic mass is 9.95. The third-order valence-electron chi connectivity index (χ3n) is 4.07. The van der Waals surface area contributed by atoms with Crippen molar-refractivity contribution in [1.29, 1.82) is 0 Å². The van der Waals surface area contributed by atoms with E-state index in [4.69, 9.17) is 5.73 Å². The van der Waals surface area contributed by atoms with E-state index in [-0.39, 0.29) is 12.0 Å². The standard InChI is InChI=1S/C17H20N2O3/c1-12(16(18)22)2-7-15(19-11-21)13-3-5-14(6-4-13)17(10-20)8-9-17/h2-7,11,20H,8-10H2,1H3,(H2,18,22)(H,19,21)/b12-2+,15-7-. The highest BCUT2D eigenvalue weighted by Gasteiger charge is 2.43. The van der Waals surface area contributed by atoms with Crippen molar-refractivity contribution in [2.45, 2.75) is 25.2 Å². The van der Waals surface area contributed by atoms with Crippen molar-refractivity contribution >= 4 is 18.0 Å². The smallest absolute Gasteiger partial charge is 0.244 e.